The van der Waals surface area contributed by atoms with Crippen LogP contribution >= 0.6 is 23.2 Å². The summed E-state index contributed by atoms with van der Waals surface area (Å²) in [4.78, 5) is 28.6. The Morgan fingerprint density at radius 1 is 0.660 bits per heavy atom. The third-order valence-electron chi connectivity index (χ3n) is 8.91. The minimum Gasteiger partial charge on any atom is -0.363 e. The van der Waals surface area contributed by atoms with Crippen LogP contribution in [0.3, 0.4) is 0 Å². The van der Waals surface area contributed by atoms with Gasteiger partial charge in [0.2, 0.25) is 11.8 Å². The number of carbonyl (C=O) groups excluding carboxylic acids is 2. The van der Waals surface area contributed by atoms with Crippen molar-refractivity contribution in [3.05, 3.63) is 59.7 Å². The van der Waals surface area contributed by atoms with Gasteiger partial charge in [-0.25, -0.2) is 17.6 Å². The van der Waals surface area contributed by atoms with Crippen LogP contribution in [0, 0.1) is 58.1 Å². The van der Waals surface area contributed by atoms with Crippen molar-refractivity contribution in [2.45, 2.75) is 91.9 Å². The Labute approximate surface area is 302 Å². The Morgan fingerprint density at radius 2 is 0.979 bits per heavy atom. The molecule has 0 unspecified atom stereocenters. The zero-order valence-electron chi connectivity index (χ0n) is 27.8. The third kappa shape index (κ3) is 11.8. The Morgan fingerprint density at radius 3 is 1.26 bits per heavy atom. The van der Waals surface area contributed by atoms with Crippen LogP contribution in [0.15, 0.2) is 24.3 Å². The molecule has 0 aromatic heterocycles. The molecule has 258 valence electrons. The van der Waals surface area contributed by atoms with Gasteiger partial charge in [0, 0.05) is 48.1 Å². The van der Waals surface area contributed by atoms with Crippen molar-refractivity contribution >= 4 is 46.4 Å². The van der Waals surface area contributed by atoms with Crippen LogP contribution in [0.1, 0.15) is 91.9 Å². The maximum Gasteiger partial charge on any atom is 2.00 e. The molecule has 2 saturated carbocycles. The van der Waals surface area contributed by atoms with E-state index in [-0.39, 0.29) is 56.7 Å². The van der Waals surface area contributed by atoms with Gasteiger partial charge in [0.15, 0.2) is 0 Å². The first kappa shape index (κ1) is 41.6. The average Bonchev–Trinajstić information content (AvgIpc) is 3.03. The summed E-state index contributed by atoms with van der Waals surface area (Å²) < 4.78 is 54.7. The second-order valence-electron chi connectivity index (χ2n) is 13.9. The quantitative estimate of drug-likeness (QED) is 0.106. The SMILES string of the molecule is CC(C)(CCl)C(=O)N(CC1CCCCC1)c1ccc(F)[c-]c1F.CC(C)(CCl)C(=O)N(CC1CCCCC1)c1ccc(F)[c-]c1F.[Ti+2]. The molecule has 2 aliphatic carbocycles. The van der Waals surface area contributed by atoms with E-state index in [1.54, 1.807) is 27.7 Å². The zero-order chi connectivity index (χ0) is 34.1. The van der Waals surface area contributed by atoms with Gasteiger partial charge in [0.25, 0.3) is 0 Å². The molecule has 2 aromatic carbocycles. The van der Waals surface area contributed by atoms with Gasteiger partial charge in [-0.15, -0.1) is 59.6 Å². The van der Waals surface area contributed by atoms with E-state index < -0.39 is 34.1 Å². The first-order valence-corrected chi connectivity index (χ1v) is 17.3. The number of benzene rings is 2. The molecule has 0 radical (unpaired) electrons. The van der Waals surface area contributed by atoms with Crippen molar-refractivity contribution in [2.75, 3.05) is 34.6 Å². The molecule has 0 N–H and O–H groups in total. The van der Waals surface area contributed by atoms with Crippen LogP contribution < -0.4 is 9.80 Å². The smallest absolute Gasteiger partial charge is 0.363 e. The summed E-state index contributed by atoms with van der Waals surface area (Å²) in [6, 6.07) is 8.93. The number of nitrogens with zero attached hydrogens (tertiary/aromatic N) is 2. The molecule has 0 bridgehead atoms. The van der Waals surface area contributed by atoms with E-state index in [0.29, 0.717) is 24.9 Å². The fourth-order valence-electron chi connectivity index (χ4n) is 5.97. The van der Waals surface area contributed by atoms with Crippen LogP contribution in [0.5, 0.6) is 0 Å². The van der Waals surface area contributed by atoms with E-state index in [0.717, 1.165) is 63.5 Å². The van der Waals surface area contributed by atoms with Gasteiger partial charge in [-0.1, -0.05) is 38.5 Å². The third-order valence-corrected chi connectivity index (χ3v) is 10.2. The fourth-order valence-corrected chi connectivity index (χ4v) is 6.20. The summed E-state index contributed by atoms with van der Waals surface area (Å²) in [5.41, 5.74) is -1.45. The van der Waals surface area contributed by atoms with Gasteiger partial charge in [-0.05, 0) is 76.6 Å². The summed E-state index contributed by atoms with van der Waals surface area (Å²) in [7, 11) is 0. The summed E-state index contributed by atoms with van der Waals surface area (Å²) in [5.74, 6) is -2.74. The normalized spacial score (nSPS) is 16.0. The van der Waals surface area contributed by atoms with Crippen molar-refractivity contribution in [2.24, 2.45) is 22.7 Å². The number of anilines is 2. The van der Waals surface area contributed by atoms with E-state index in [2.05, 4.69) is 0 Å². The first-order valence-electron chi connectivity index (χ1n) is 16.2. The molecule has 0 spiro atoms. The Balaban J connectivity index is 0.000000320. The van der Waals surface area contributed by atoms with Crippen molar-refractivity contribution in [3.8, 4) is 0 Å². The predicted octanol–water partition coefficient (Wildman–Crippen LogP) is 9.88. The number of hydrogen-bond donors (Lipinski definition) is 0. The molecule has 2 fully saturated rings. The van der Waals surface area contributed by atoms with E-state index >= 15 is 0 Å². The molecular formula is C36H46Cl2F4N2O2Ti. The molecule has 2 aliphatic rings. The van der Waals surface area contributed by atoms with E-state index in [9.17, 15) is 27.2 Å². The molecule has 0 atom stereocenters. The van der Waals surface area contributed by atoms with Gasteiger partial charge in [-0.2, -0.15) is 0 Å². The molecule has 4 rings (SSSR count). The molecular weight excluding hydrogens is 687 g/mol. The molecule has 2 aromatic rings. The Kier molecular flexibility index (Phi) is 16.8. The maximum atomic E-state index is 14.2. The number of halogens is 6. The fraction of sp³-hybridized carbons (Fsp3) is 0.611. The van der Waals surface area contributed by atoms with Crippen molar-refractivity contribution in [1.29, 1.82) is 0 Å². The number of carbonyl (C=O) groups is 2. The topological polar surface area (TPSA) is 40.6 Å². The standard InChI is InChI=1S/2C18H23ClF2NO.Ti/c2*1-18(2,12-19)17(23)22(11-13-6-4-3-5-7-13)16-9-8-14(20)10-15(16)21;/h2*8-9,13H,3-7,11-12H2,1-2H3;/q2*-1;+2. The maximum absolute atomic E-state index is 14.2. The predicted molar refractivity (Wildman–Crippen MR) is 177 cm³/mol. The van der Waals surface area contributed by atoms with Crippen LogP contribution in [0.4, 0.5) is 28.9 Å². The second kappa shape index (κ2) is 19.0. The van der Waals surface area contributed by atoms with Gasteiger partial charge < -0.3 is 9.80 Å². The number of alkyl halides is 2. The first-order chi connectivity index (χ1) is 21.7. The summed E-state index contributed by atoms with van der Waals surface area (Å²) in [5, 5.41) is 0. The largest absolute Gasteiger partial charge is 2.00 e. The zero-order valence-corrected chi connectivity index (χ0v) is 30.9. The minimum absolute atomic E-state index is 0. The molecule has 0 heterocycles. The average molecular weight is 734 g/mol. The Hall–Kier alpha value is -1.61. The summed E-state index contributed by atoms with van der Waals surface area (Å²) in [6.07, 6.45) is 11.0. The molecule has 0 aliphatic heterocycles. The van der Waals surface area contributed by atoms with Gasteiger partial charge in [0.1, 0.15) is 0 Å². The molecule has 0 saturated heterocycles. The van der Waals surface area contributed by atoms with E-state index in [4.69, 9.17) is 23.2 Å². The van der Waals surface area contributed by atoms with Crippen LogP contribution in [-0.2, 0) is 31.3 Å². The number of hydrogen-bond acceptors (Lipinski definition) is 2. The molecule has 47 heavy (non-hydrogen) atoms. The van der Waals surface area contributed by atoms with Gasteiger partial charge in [-0.3, -0.25) is 9.59 Å². The van der Waals surface area contributed by atoms with Crippen LogP contribution in [0.2, 0.25) is 0 Å². The second-order valence-corrected chi connectivity index (χ2v) is 14.4. The van der Waals surface area contributed by atoms with E-state index in [1.807, 2.05) is 12.1 Å². The van der Waals surface area contributed by atoms with E-state index in [1.165, 1.54) is 34.8 Å². The number of amides is 2. The Bertz CT molecular complexity index is 1220. The molecule has 11 heteroatoms. The minimum atomic E-state index is -0.834. The summed E-state index contributed by atoms with van der Waals surface area (Å²) >= 11 is 11.8. The number of rotatable bonds is 10. The van der Waals surface area contributed by atoms with Crippen LogP contribution in [-0.4, -0.2) is 36.7 Å². The molecule has 2 amide bonds. The van der Waals surface area contributed by atoms with Crippen molar-refractivity contribution in [3.63, 3.8) is 0 Å². The van der Waals surface area contributed by atoms with Crippen molar-refractivity contribution in [1.82, 2.24) is 0 Å². The van der Waals surface area contributed by atoms with Gasteiger partial charge in [0.05, 0.1) is 10.8 Å². The summed E-state index contributed by atoms with van der Waals surface area (Å²) in [6.45, 7) is 7.83. The molecule has 4 nitrogen and oxygen atoms in total. The van der Waals surface area contributed by atoms with Crippen molar-refractivity contribution < 1.29 is 48.9 Å². The van der Waals surface area contributed by atoms with Gasteiger partial charge >= 0.3 is 21.7 Å². The monoisotopic (exact) mass is 732 g/mol. The van der Waals surface area contributed by atoms with Crippen LogP contribution in [0.25, 0.3) is 0 Å².